The largest absolute Gasteiger partial charge is 0.324 e. The van der Waals surface area contributed by atoms with Gasteiger partial charge in [-0.05, 0) is 23.8 Å². The molecule has 0 atom stereocenters. The SMILES string of the molecule is N#CC(=Cc1csc([N+](=O)[O-])c1)C(=O)Nc1ccccc1. The van der Waals surface area contributed by atoms with Crippen LogP contribution in [0.1, 0.15) is 5.56 Å². The maximum atomic E-state index is 12.0. The van der Waals surface area contributed by atoms with Gasteiger partial charge in [-0.15, -0.1) is 0 Å². The monoisotopic (exact) mass is 299 g/mol. The van der Waals surface area contributed by atoms with Gasteiger partial charge in [0.25, 0.3) is 5.91 Å². The Hall–Kier alpha value is -2.98. The molecule has 1 heterocycles. The summed E-state index contributed by atoms with van der Waals surface area (Å²) in [5, 5.41) is 23.7. The molecule has 0 aliphatic carbocycles. The second kappa shape index (κ2) is 6.45. The van der Waals surface area contributed by atoms with Crippen LogP contribution in [-0.2, 0) is 4.79 Å². The van der Waals surface area contributed by atoms with Crippen molar-refractivity contribution in [3.05, 3.63) is 63.0 Å². The smallest absolute Gasteiger partial charge is 0.321 e. The van der Waals surface area contributed by atoms with E-state index in [0.717, 1.165) is 11.3 Å². The second-order valence-electron chi connectivity index (χ2n) is 3.97. The van der Waals surface area contributed by atoms with E-state index in [1.807, 2.05) is 0 Å². The van der Waals surface area contributed by atoms with Gasteiger partial charge in [-0.25, -0.2) is 0 Å². The lowest BCUT2D eigenvalue weighted by molar-refractivity contribution is -0.380. The van der Waals surface area contributed by atoms with Crippen LogP contribution in [0, 0.1) is 21.4 Å². The standard InChI is InChI=1S/C14H9N3O3S/c15-8-11(6-10-7-13(17(19)20)21-9-10)14(18)16-12-4-2-1-3-5-12/h1-7,9H,(H,16,18). The average molecular weight is 299 g/mol. The molecule has 0 bridgehead atoms. The van der Waals surface area contributed by atoms with Crippen LogP contribution in [0.2, 0.25) is 0 Å². The summed E-state index contributed by atoms with van der Waals surface area (Å²) >= 11 is 0.941. The highest BCUT2D eigenvalue weighted by Crippen LogP contribution is 2.24. The number of hydrogen-bond donors (Lipinski definition) is 1. The zero-order valence-corrected chi connectivity index (χ0v) is 11.5. The third kappa shape index (κ3) is 3.75. The highest BCUT2D eigenvalue weighted by molar-refractivity contribution is 7.13. The minimum atomic E-state index is -0.558. The molecule has 6 nitrogen and oxygen atoms in total. The predicted molar refractivity (Wildman–Crippen MR) is 79.6 cm³/mol. The molecular formula is C14H9N3O3S. The van der Waals surface area contributed by atoms with Crippen LogP contribution in [0.25, 0.3) is 6.08 Å². The fourth-order valence-corrected chi connectivity index (χ4v) is 2.23. The van der Waals surface area contributed by atoms with E-state index in [2.05, 4.69) is 5.32 Å². The van der Waals surface area contributed by atoms with Crippen molar-refractivity contribution in [3.63, 3.8) is 0 Å². The number of nitriles is 1. The van der Waals surface area contributed by atoms with Gasteiger partial charge in [0.1, 0.15) is 11.6 Å². The predicted octanol–water partition coefficient (Wildman–Crippen LogP) is 3.20. The number of benzene rings is 1. The molecule has 0 radical (unpaired) electrons. The summed E-state index contributed by atoms with van der Waals surface area (Å²) in [6, 6.07) is 11.8. The average Bonchev–Trinajstić information content (AvgIpc) is 2.94. The highest BCUT2D eigenvalue weighted by Gasteiger charge is 2.12. The van der Waals surface area contributed by atoms with E-state index in [0.29, 0.717) is 11.3 Å². The lowest BCUT2D eigenvalue weighted by atomic mass is 10.2. The summed E-state index contributed by atoms with van der Waals surface area (Å²) in [6.45, 7) is 0. The van der Waals surface area contributed by atoms with E-state index in [-0.39, 0.29) is 10.6 Å². The summed E-state index contributed by atoms with van der Waals surface area (Å²) < 4.78 is 0. The first kappa shape index (κ1) is 14.4. The summed E-state index contributed by atoms with van der Waals surface area (Å²) in [6.07, 6.45) is 1.32. The lowest BCUT2D eigenvalue weighted by Gasteiger charge is -2.03. The molecule has 2 aromatic rings. The number of para-hydroxylation sites is 1. The van der Waals surface area contributed by atoms with Gasteiger partial charge in [0.15, 0.2) is 0 Å². The number of amides is 1. The molecular weight excluding hydrogens is 290 g/mol. The van der Waals surface area contributed by atoms with E-state index in [1.54, 1.807) is 36.4 Å². The van der Waals surface area contributed by atoms with Crippen molar-refractivity contribution in [2.75, 3.05) is 5.32 Å². The van der Waals surface area contributed by atoms with Gasteiger partial charge < -0.3 is 5.32 Å². The fourth-order valence-electron chi connectivity index (χ4n) is 1.55. The normalized spacial score (nSPS) is 10.7. The van der Waals surface area contributed by atoms with Crippen molar-refractivity contribution >= 4 is 34.0 Å². The van der Waals surface area contributed by atoms with Crippen LogP contribution < -0.4 is 5.32 Å². The number of thiophene rings is 1. The molecule has 2 rings (SSSR count). The van der Waals surface area contributed by atoms with Crippen LogP contribution in [0.3, 0.4) is 0 Å². The van der Waals surface area contributed by atoms with Crippen molar-refractivity contribution in [1.29, 1.82) is 5.26 Å². The van der Waals surface area contributed by atoms with Crippen LogP contribution in [-0.4, -0.2) is 10.8 Å². The minimum absolute atomic E-state index is 0.0398. The zero-order valence-electron chi connectivity index (χ0n) is 10.6. The molecule has 1 aromatic heterocycles. The Balaban J connectivity index is 2.18. The van der Waals surface area contributed by atoms with E-state index in [4.69, 9.17) is 5.26 Å². The van der Waals surface area contributed by atoms with Gasteiger partial charge in [-0.1, -0.05) is 29.5 Å². The van der Waals surface area contributed by atoms with Crippen molar-refractivity contribution in [1.82, 2.24) is 0 Å². The minimum Gasteiger partial charge on any atom is -0.321 e. The first-order valence-corrected chi connectivity index (χ1v) is 6.69. The van der Waals surface area contributed by atoms with Crippen molar-refractivity contribution < 1.29 is 9.72 Å². The molecule has 0 spiro atoms. The van der Waals surface area contributed by atoms with Gasteiger partial charge >= 0.3 is 5.00 Å². The van der Waals surface area contributed by atoms with Gasteiger partial charge in [0.2, 0.25) is 0 Å². The molecule has 0 saturated carbocycles. The highest BCUT2D eigenvalue weighted by atomic mass is 32.1. The Morgan fingerprint density at radius 1 is 1.38 bits per heavy atom. The topological polar surface area (TPSA) is 96.0 Å². The van der Waals surface area contributed by atoms with Crippen molar-refractivity contribution in [2.24, 2.45) is 0 Å². The maximum Gasteiger partial charge on any atom is 0.324 e. The van der Waals surface area contributed by atoms with Gasteiger partial charge in [0, 0.05) is 17.1 Å². The van der Waals surface area contributed by atoms with Gasteiger partial charge in [0.05, 0.1) is 4.92 Å². The Bertz CT molecular complexity index is 744. The third-order valence-corrected chi connectivity index (χ3v) is 3.39. The van der Waals surface area contributed by atoms with Crippen LogP contribution in [0.15, 0.2) is 47.4 Å². The third-order valence-electron chi connectivity index (χ3n) is 2.49. The number of carbonyl (C=O) groups excluding carboxylic acids is 1. The van der Waals surface area contributed by atoms with Gasteiger partial charge in [-0.2, -0.15) is 5.26 Å². The van der Waals surface area contributed by atoms with Crippen LogP contribution in [0.5, 0.6) is 0 Å². The van der Waals surface area contributed by atoms with E-state index < -0.39 is 10.8 Å². The maximum absolute atomic E-state index is 12.0. The molecule has 7 heteroatoms. The molecule has 0 aliphatic rings. The van der Waals surface area contributed by atoms with E-state index in [1.165, 1.54) is 17.5 Å². The summed E-state index contributed by atoms with van der Waals surface area (Å²) in [7, 11) is 0. The van der Waals surface area contributed by atoms with Crippen LogP contribution >= 0.6 is 11.3 Å². The van der Waals surface area contributed by atoms with E-state index in [9.17, 15) is 14.9 Å². The van der Waals surface area contributed by atoms with Gasteiger partial charge in [-0.3, -0.25) is 14.9 Å². The molecule has 1 aromatic carbocycles. The number of anilines is 1. The number of nitrogens with one attached hydrogen (secondary N) is 1. The lowest BCUT2D eigenvalue weighted by Crippen LogP contribution is -2.13. The molecule has 0 aliphatic heterocycles. The molecule has 0 fully saturated rings. The Kier molecular flexibility index (Phi) is 4.43. The fraction of sp³-hybridized carbons (Fsp3) is 0. The second-order valence-corrected chi connectivity index (χ2v) is 4.86. The Labute approximate surface area is 124 Å². The van der Waals surface area contributed by atoms with Crippen molar-refractivity contribution in [2.45, 2.75) is 0 Å². The number of nitrogens with zero attached hydrogens (tertiary/aromatic N) is 2. The molecule has 104 valence electrons. The number of nitro groups is 1. The van der Waals surface area contributed by atoms with Crippen LogP contribution in [0.4, 0.5) is 10.7 Å². The summed E-state index contributed by atoms with van der Waals surface area (Å²) in [5.74, 6) is -0.558. The summed E-state index contributed by atoms with van der Waals surface area (Å²) in [4.78, 5) is 22.0. The molecule has 1 amide bonds. The number of rotatable bonds is 4. The molecule has 21 heavy (non-hydrogen) atoms. The van der Waals surface area contributed by atoms with Crippen molar-refractivity contribution in [3.8, 4) is 6.07 Å². The molecule has 1 N–H and O–H groups in total. The summed E-state index contributed by atoms with van der Waals surface area (Å²) in [5.41, 5.74) is 0.901. The van der Waals surface area contributed by atoms with E-state index >= 15 is 0 Å². The first-order chi connectivity index (χ1) is 10.1. The molecule has 0 unspecified atom stereocenters. The Morgan fingerprint density at radius 3 is 2.67 bits per heavy atom. The number of hydrogen-bond acceptors (Lipinski definition) is 5. The Morgan fingerprint density at radius 2 is 2.10 bits per heavy atom. The quantitative estimate of drug-likeness (QED) is 0.406. The number of carbonyl (C=O) groups is 1. The first-order valence-electron chi connectivity index (χ1n) is 5.81. The molecule has 0 saturated heterocycles. The zero-order chi connectivity index (χ0) is 15.2.